The van der Waals surface area contributed by atoms with Crippen molar-refractivity contribution in [3.8, 4) is 0 Å². The number of carbonyl (C=O) groups excluding carboxylic acids is 1. The second-order valence-corrected chi connectivity index (χ2v) is 8.34. The molecule has 2 saturated heterocycles. The maximum Gasteiger partial charge on any atom is 0.254 e. The van der Waals surface area contributed by atoms with Crippen LogP contribution in [0.25, 0.3) is 0 Å². The van der Waals surface area contributed by atoms with Crippen LogP contribution in [0.2, 0.25) is 0 Å². The first-order valence-electron chi connectivity index (χ1n) is 11.1. The molecule has 0 N–H and O–H groups in total. The van der Waals surface area contributed by atoms with Crippen LogP contribution < -0.4 is 0 Å². The van der Waals surface area contributed by atoms with Crippen LogP contribution in [0, 0.1) is 5.92 Å². The van der Waals surface area contributed by atoms with Gasteiger partial charge in [-0.15, -0.1) is 10.2 Å². The second kappa shape index (κ2) is 9.53. The Morgan fingerprint density at radius 3 is 2.48 bits per heavy atom. The molecule has 2 fully saturated rings. The summed E-state index contributed by atoms with van der Waals surface area (Å²) in [6.45, 7) is 5.70. The van der Waals surface area contributed by atoms with Crippen molar-refractivity contribution in [2.24, 2.45) is 5.92 Å². The molecule has 0 saturated carbocycles. The van der Waals surface area contributed by atoms with E-state index in [9.17, 15) is 4.79 Å². The number of piperidine rings is 1. The number of amides is 1. The largest absolute Gasteiger partial charge is 0.424 e. The number of aryl methyl sites for hydroxylation is 1. The normalized spacial score (nSPS) is 21.8. The average Bonchev–Trinajstić information content (AvgIpc) is 3.08. The van der Waals surface area contributed by atoms with Gasteiger partial charge in [-0.05, 0) is 56.8 Å². The molecule has 2 aliphatic heterocycles. The maximum absolute atomic E-state index is 13.2. The first kappa shape index (κ1) is 20.1. The van der Waals surface area contributed by atoms with Crippen LogP contribution in [0.15, 0.2) is 34.7 Å². The fraction of sp³-hybridized carbons (Fsp3) is 0.609. The number of carbonyl (C=O) groups is 1. The highest BCUT2D eigenvalue weighted by atomic mass is 16.4. The first-order valence-corrected chi connectivity index (χ1v) is 11.1. The number of benzene rings is 1. The molecule has 6 heteroatoms. The summed E-state index contributed by atoms with van der Waals surface area (Å²) in [7, 11) is 0. The Bertz CT molecular complexity index is 783. The van der Waals surface area contributed by atoms with Crippen molar-refractivity contribution in [2.75, 3.05) is 19.6 Å². The van der Waals surface area contributed by atoms with Crippen molar-refractivity contribution in [2.45, 2.75) is 64.5 Å². The molecule has 29 heavy (non-hydrogen) atoms. The minimum atomic E-state index is 0.206. The zero-order chi connectivity index (χ0) is 20.1. The van der Waals surface area contributed by atoms with Gasteiger partial charge in [-0.1, -0.05) is 38.0 Å². The molecule has 1 atom stereocenters. The number of hydrogen-bond acceptors (Lipinski definition) is 5. The topological polar surface area (TPSA) is 62.5 Å². The van der Waals surface area contributed by atoms with Gasteiger partial charge in [0.05, 0.1) is 6.54 Å². The minimum absolute atomic E-state index is 0.206. The summed E-state index contributed by atoms with van der Waals surface area (Å²) in [5, 5.41) is 8.23. The van der Waals surface area contributed by atoms with Crippen molar-refractivity contribution in [1.29, 1.82) is 0 Å². The zero-order valence-electron chi connectivity index (χ0n) is 17.4. The van der Waals surface area contributed by atoms with Crippen molar-refractivity contribution in [1.82, 2.24) is 20.0 Å². The summed E-state index contributed by atoms with van der Waals surface area (Å²) in [4.78, 5) is 17.8. The molecule has 0 spiro atoms. The number of hydrogen-bond donors (Lipinski definition) is 0. The lowest BCUT2D eigenvalue weighted by Gasteiger charge is -2.40. The van der Waals surface area contributed by atoms with Gasteiger partial charge in [-0.25, -0.2) is 0 Å². The molecule has 4 rings (SSSR count). The van der Waals surface area contributed by atoms with Gasteiger partial charge in [0.15, 0.2) is 0 Å². The Kier molecular flexibility index (Phi) is 6.60. The molecule has 0 aliphatic carbocycles. The van der Waals surface area contributed by atoms with Gasteiger partial charge in [0.25, 0.3) is 5.91 Å². The van der Waals surface area contributed by atoms with Crippen LogP contribution in [-0.2, 0) is 13.0 Å². The van der Waals surface area contributed by atoms with E-state index in [1.807, 2.05) is 37.3 Å². The summed E-state index contributed by atoms with van der Waals surface area (Å²) in [6.07, 6.45) is 7.73. The van der Waals surface area contributed by atoms with Gasteiger partial charge >= 0.3 is 0 Å². The molecule has 1 amide bonds. The van der Waals surface area contributed by atoms with E-state index in [4.69, 9.17) is 4.42 Å². The van der Waals surface area contributed by atoms with Gasteiger partial charge in [-0.3, -0.25) is 9.69 Å². The Morgan fingerprint density at radius 2 is 1.76 bits per heavy atom. The number of nitrogens with zero attached hydrogens (tertiary/aromatic N) is 4. The molecule has 2 aromatic rings. The van der Waals surface area contributed by atoms with Crippen LogP contribution in [0.3, 0.4) is 0 Å². The van der Waals surface area contributed by atoms with Crippen LogP contribution >= 0.6 is 0 Å². The van der Waals surface area contributed by atoms with Crippen LogP contribution in [-0.4, -0.2) is 51.6 Å². The smallest absolute Gasteiger partial charge is 0.254 e. The Morgan fingerprint density at radius 1 is 1.00 bits per heavy atom. The lowest BCUT2D eigenvalue weighted by atomic mass is 9.86. The molecule has 1 aromatic carbocycles. The summed E-state index contributed by atoms with van der Waals surface area (Å²) in [5.74, 6) is 2.21. The fourth-order valence-electron chi connectivity index (χ4n) is 4.81. The predicted molar refractivity (Wildman–Crippen MR) is 111 cm³/mol. The lowest BCUT2D eigenvalue weighted by molar-refractivity contribution is 0.0508. The number of rotatable bonds is 5. The van der Waals surface area contributed by atoms with Crippen molar-refractivity contribution >= 4 is 5.91 Å². The van der Waals surface area contributed by atoms with E-state index >= 15 is 0 Å². The maximum atomic E-state index is 13.2. The average molecular weight is 397 g/mol. The van der Waals surface area contributed by atoms with E-state index in [1.165, 1.54) is 12.8 Å². The molecular formula is C23H32N4O2. The van der Waals surface area contributed by atoms with Gasteiger partial charge in [0, 0.05) is 24.6 Å². The fourth-order valence-corrected chi connectivity index (χ4v) is 4.81. The van der Waals surface area contributed by atoms with E-state index in [0.29, 0.717) is 17.9 Å². The second-order valence-electron chi connectivity index (χ2n) is 8.34. The molecular weight excluding hydrogens is 364 g/mol. The molecule has 2 aliphatic rings. The molecule has 156 valence electrons. The molecule has 6 nitrogen and oxygen atoms in total. The third-order valence-electron chi connectivity index (χ3n) is 6.43. The van der Waals surface area contributed by atoms with Crippen molar-refractivity contribution < 1.29 is 9.21 Å². The van der Waals surface area contributed by atoms with E-state index in [0.717, 1.165) is 69.7 Å². The summed E-state index contributed by atoms with van der Waals surface area (Å²) >= 11 is 0. The van der Waals surface area contributed by atoms with Crippen LogP contribution in [0.5, 0.6) is 0 Å². The lowest BCUT2D eigenvalue weighted by Crippen LogP contribution is -2.47. The molecule has 0 radical (unpaired) electrons. The van der Waals surface area contributed by atoms with Gasteiger partial charge < -0.3 is 9.32 Å². The third kappa shape index (κ3) is 4.86. The molecule has 3 heterocycles. The van der Waals surface area contributed by atoms with Crippen LogP contribution in [0.1, 0.15) is 67.6 Å². The highest BCUT2D eigenvalue weighted by molar-refractivity contribution is 5.94. The number of likely N-dealkylation sites (tertiary alicyclic amines) is 2. The third-order valence-corrected chi connectivity index (χ3v) is 6.43. The summed E-state index contributed by atoms with van der Waals surface area (Å²) in [6, 6.07) is 10.1. The zero-order valence-corrected chi connectivity index (χ0v) is 17.4. The Balaban J connectivity index is 1.39. The van der Waals surface area contributed by atoms with Gasteiger partial charge in [0.2, 0.25) is 11.8 Å². The SMILES string of the molecule is CCc1nnc(CN2CCC([C@@H]3CCCCCN3C(=O)c3ccccc3)CC2)o1. The Hall–Kier alpha value is -2.21. The quantitative estimate of drug-likeness (QED) is 0.766. The highest BCUT2D eigenvalue weighted by Gasteiger charge is 2.34. The highest BCUT2D eigenvalue weighted by Crippen LogP contribution is 2.31. The summed E-state index contributed by atoms with van der Waals surface area (Å²) in [5.41, 5.74) is 0.819. The van der Waals surface area contributed by atoms with E-state index in [-0.39, 0.29) is 5.91 Å². The molecule has 1 aromatic heterocycles. The first-order chi connectivity index (χ1) is 14.2. The van der Waals surface area contributed by atoms with Gasteiger partial charge in [0.1, 0.15) is 0 Å². The molecule has 0 bridgehead atoms. The van der Waals surface area contributed by atoms with E-state index in [1.54, 1.807) is 0 Å². The van der Waals surface area contributed by atoms with Crippen LogP contribution in [0.4, 0.5) is 0 Å². The van der Waals surface area contributed by atoms with Gasteiger partial charge in [-0.2, -0.15) is 0 Å². The molecule has 0 unspecified atom stereocenters. The summed E-state index contributed by atoms with van der Waals surface area (Å²) < 4.78 is 5.68. The monoisotopic (exact) mass is 396 g/mol. The number of aromatic nitrogens is 2. The predicted octanol–water partition coefficient (Wildman–Crippen LogP) is 3.93. The standard InChI is InChI=1S/C23H32N4O2/c1-2-21-24-25-22(29-21)17-26-15-12-18(13-16-26)20-11-7-4-8-14-27(20)23(28)19-9-5-3-6-10-19/h3,5-6,9-10,18,20H,2,4,7-8,11-17H2,1H3/t20-/m0/s1. The Labute approximate surface area is 173 Å². The van der Waals surface area contributed by atoms with Crippen molar-refractivity contribution in [3.05, 3.63) is 47.7 Å². The minimum Gasteiger partial charge on any atom is -0.424 e. The van der Waals surface area contributed by atoms with E-state index < -0.39 is 0 Å². The van der Waals surface area contributed by atoms with Crippen molar-refractivity contribution in [3.63, 3.8) is 0 Å². The van der Waals surface area contributed by atoms with E-state index in [2.05, 4.69) is 20.0 Å².